The topological polar surface area (TPSA) is 44.8 Å². The van der Waals surface area contributed by atoms with Crippen molar-refractivity contribution in [3.05, 3.63) is 48.4 Å². The van der Waals surface area contributed by atoms with Crippen LogP contribution >= 0.6 is 0 Å². The molecule has 0 saturated heterocycles. The summed E-state index contributed by atoms with van der Waals surface area (Å²) in [5, 5.41) is 0. The first kappa shape index (κ1) is 13.2. The fraction of sp³-hybridized carbons (Fsp3) is 0.267. The van der Waals surface area contributed by atoms with Gasteiger partial charge in [-0.15, -0.1) is 0 Å². The molecule has 0 aliphatic carbocycles. The highest BCUT2D eigenvalue weighted by Gasteiger charge is 2.28. The van der Waals surface area contributed by atoms with Gasteiger partial charge in [0.15, 0.2) is 0 Å². The Labute approximate surface area is 112 Å². The van der Waals surface area contributed by atoms with Crippen LogP contribution in [0.25, 0.3) is 5.57 Å². The molecule has 0 atom stereocenters. The zero-order valence-electron chi connectivity index (χ0n) is 10.8. The maximum Gasteiger partial charge on any atom is 0.318 e. The molecule has 100 valence electrons. The largest absolute Gasteiger partial charge is 0.489 e. The van der Waals surface area contributed by atoms with Crippen LogP contribution in [-0.2, 0) is 14.3 Å². The van der Waals surface area contributed by atoms with Crippen molar-refractivity contribution < 1.29 is 19.0 Å². The summed E-state index contributed by atoms with van der Waals surface area (Å²) in [4.78, 5) is 11.4. The molecule has 1 aliphatic rings. The Balaban J connectivity index is 2.36. The Morgan fingerprint density at radius 1 is 1.37 bits per heavy atom. The molecule has 0 aromatic heterocycles. The van der Waals surface area contributed by atoms with Gasteiger partial charge in [0.1, 0.15) is 12.4 Å². The van der Waals surface area contributed by atoms with Crippen LogP contribution in [0.4, 0.5) is 0 Å². The summed E-state index contributed by atoms with van der Waals surface area (Å²) in [5.41, 5.74) is 1.55. The molecule has 1 aliphatic heterocycles. The molecule has 2 rings (SSSR count). The molecule has 4 nitrogen and oxygen atoms in total. The van der Waals surface area contributed by atoms with Crippen LogP contribution in [0.2, 0.25) is 0 Å². The summed E-state index contributed by atoms with van der Waals surface area (Å²) < 4.78 is 16.0. The van der Waals surface area contributed by atoms with E-state index < -0.39 is 0 Å². The highest BCUT2D eigenvalue weighted by Crippen LogP contribution is 2.35. The van der Waals surface area contributed by atoms with Gasteiger partial charge in [-0.25, -0.2) is 0 Å². The van der Waals surface area contributed by atoms with E-state index in [2.05, 4.69) is 6.58 Å². The van der Waals surface area contributed by atoms with Gasteiger partial charge in [-0.1, -0.05) is 30.9 Å². The lowest BCUT2D eigenvalue weighted by Gasteiger charge is -2.11. The van der Waals surface area contributed by atoms with Gasteiger partial charge in [-0.2, -0.15) is 0 Å². The lowest BCUT2D eigenvalue weighted by molar-refractivity contribution is -0.140. The van der Waals surface area contributed by atoms with E-state index in [9.17, 15) is 4.79 Å². The van der Waals surface area contributed by atoms with Crippen molar-refractivity contribution in [1.29, 1.82) is 0 Å². The number of benzene rings is 1. The van der Waals surface area contributed by atoms with Gasteiger partial charge in [-0.3, -0.25) is 4.79 Å². The van der Waals surface area contributed by atoms with Crippen LogP contribution in [-0.4, -0.2) is 19.2 Å². The van der Waals surface area contributed by atoms with E-state index >= 15 is 0 Å². The van der Waals surface area contributed by atoms with Gasteiger partial charge in [-0.05, 0) is 13.0 Å². The molecule has 0 saturated carbocycles. The Morgan fingerprint density at radius 2 is 2.16 bits per heavy atom. The number of carbonyl (C=O) groups excluding carboxylic acids is 1. The van der Waals surface area contributed by atoms with Crippen LogP contribution in [0.3, 0.4) is 0 Å². The molecule has 1 aromatic rings. The second-order valence-electron chi connectivity index (χ2n) is 3.95. The number of cyclic esters (lactones) is 1. The average Bonchev–Trinajstić information content (AvgIpc) is 2.78. The molecule has 0 fully saturated rings. The number of para-hydroxylation sites is 1. The SMILES string of the molecule is C=CCOc1ccccc1C1=C(OCC)OC(=O)C1. The number of rotatable bonds is 6. The first-order chi connectivity index (χ1) is 9.26. The van der Waals surface area contributed by atoms with Crippen LogP contribution in [0.15, 0.2) is 42.9 Å². The highest BCUT2D eigenvalue weighted by atomic mass is 16.7. The maximum absolute atomic E-state index is 11.4. The fourth-order valence-electron chi connectivity index (χ4n) is 1.86. The van der Waals surface area contributed by atoms with E-state index in [1.807, 2.05) is 31.2 Å². The quantitative estimate of drug-likeness (QED) is 0.582. The maximum atomic E-state index is 11.4. The molecule has 0 radical (unpaired) electrons. The van der Waals surface area contributed by atoms with Gasteiger partial charge in [0.25, 0.3) is 5.95 Å². The third kappa shape index (κ3) is 2.96. The van der Waals surface area contributed by atoms with Crippen molar-refractivity contribution in [2.45, 2.75) is 13.3 Å². The molecule has 0 unspecified atom stereocenters. The molecule has 19 heavy (non-hydrogen) atoms. The van der Waals surface area contributed by atoms with E-state index in [4.69, 9.17) is 14.2 Å². The normalized spacial score (nSPS) is 14.3. The van der Waals surface area contributed by atoms with Crippen molar-refractivity contribution in [3.8, 4) is 5.75 Å². The predicted molar refractivity (Wildman–Crippen MR) is 71.4 cm³/mol. The summed E-state index contributed by atoms with van der Waals surface area (Å²) in [7, 11) is 0. The molecular weight excluding hydrogens is 244 g/mol. The van der Waals surface area contributed by atoms with Crippen molar-refractivity contribution >= 4 is 11.5 Å². The van der Waals surface area contributed by atoms with E-state index in [-0.39, 0.29) is 18.3 Å². The molecule has 0 spiro atoms. The Morgan fingerprint density at radius 3 is 2.89 bits per heavy atom. The smallest absolute Gasteiger partial charge is 0.318 e. The first-order valence-electron chi connectivity index (χ1n) is 6.16. The van der Waals surface area contributed by atoms with Crippen molar-refractivity contribution in [2.75, 3.05) is 13.2 Å². The van der Waals surface area contributed by atoms with Crippen molar-refractivity contribution in [1.82, 2.24) is 0 Å². The number of hydrogen-bond acceptors (Lipinski definition) is 4. The molecule has 0 bridgehead atoms. The summed E-state index contributed by atoms with van der Waals surface area (Å²) in [6.07, 6.45) is 1.87. The number of carbonyl (C=O) groups is 1. The van der Waals surface area contributed by atoms with Gasteiger partial charge in [0.05, 0.1) is 18.6 Å². The summed E-state index contributed by atoms with van der Waals surface area (Å²) in [5.74, 6) is 0.659. The molecule has 1 aromatic carbocycles. The third-order valence-electron chi connectivity index (χ3n) is 2.62. The first-order valence-corrected chi connectivity index (χ1v) is 6.16. The van der Waals surface area contributed by atoms with Gasteiger partial charge in [0, 0.05) is 5.56 Å². The Hall–Kier alpha value is -2.23. The van der Waals surface area contributed by atoms with Gasteiger partial charge in [0.2, 0.25) is 0 Å². The minimum atomic E-state index is -0.308. The van der Waals surface area contributed by atoms with Crippen molar-refractivity contribution in [2.24, 2.45) is 0 Å². The zero-order chi connectivity index (χ0) is 13.7. The number of ether oxygens (including phenoxy) is 3. The number of hydrogen-bond donors (Lipinski definition) is 0. The van der Waals surface area contributed by atoms with E-state index in [1.165, 1.54) is 0 Å². The minimum absolute atomic E-state index is 0.198. The second-order valence-corrected chi connectivity index (χ2v) is 3.95. The Bertz CT molecular complexity index is 517. The molecule has 0 amide bonds. The second kappa shape index (κ2) is 6.09. The lowest BCUT2D eigenvalue weighted by Crippen LogP contribution is -1.98. The minimum Gasteiger partial charge on any atom is -0.489 e. The van der Waals surface area contributed by atoms with Crippen LogP contribution in [0.5, 0.6) is 5.75 Å². The van der Waals surface area contributed by atoms with Gasteiger partial charge >= 0.3 is 5.97 Å². The molecule has 4 heteroatoms. The van der Waals surface area contributed by atoms with Crippen molar-refractivity contribution in [3.63, 3.8) is 0 Å². The fourth-order valence-corrected chi connectivity index (χ4v) is 1.86. The molecule has 0 N–H and O–H groups in total. The van der Waals surface area contributed by atoms with Crippen LogP contribution in [0.1, 0.15) is 18.9 Å². The van der Waals surface area contributed by atoms with Crippen LogP contribution < -0.4 is 4.74 Å². The standard InChI is InChI=1S/C15H16O4/c1-3-9-18-13-8-6-5-7-11(13)12-10-14(16)19-15(12)17-4-2/h3,5-8H,1,4,9-10H2,2H3. The van der Waals surface area contributed by atoms with Gasteiger partial charge < -0.3 is 14.2 Å². The molecular formula is C15H16O4. The highest BCUT2D eigenvalue weighted by molar-refractivity contribution is 5.92. The monoisotopic (exact) mass is 260 g/mol. The predicted octanol–water partition coefficient (Wildman–Crippen LogP) is 2.90. The van der Waals surface area contributed by atoms with E-state index in [0.717, 1.165) is 11.1 Å². The summed E-state index contributed by atoms with van der Waals surface area (Å²) >= 11 is 0. The van der Waals surface area contributed by atoms with E-state index in [0.29, 0.717) is 19.0 Å². The summed E-state index contributed by atoms with van der Waals surface area (Å²) in [6, 6.07) is 7.49. The third-order valence-corrected chi connectivity index (χ3v) is 2.62. The van der Waals surface area contributed by atoms with Crippen LogP contribution in [0, 0.1) is 0 Å². The lowest BCUT2D eigenvalue weighted by atomic mass is 10.0. The average molecular weight is 260 g/mol. The summed E-state index contributed by atoms with van der Waals surface area (Å²) in [6.45, 7) is 6.32. The zero-order valence-corrected chi connectivity index (χ0v) is 10.8. The number of esters is 1. The Kier molecular flexibility index (Phi) is 4.23. The van der Waals surface area contributed by atoms with E-state index in [1.54, 1.807) is 6.08 Å². The molecule has 1 heterocycles.